The molecule has 0 saturated heterocycles. The maximum absolute atomic E-state index is 11.3. The van der Waals surface area contributed by atoms with E-state index in [4.69, 9.17) is 9.84 Å². The first kappa shape index (κ1) is 13.8. The Labute approximate surface area is 105 Å². The van der Waals surface area contributed by atoms with Gasteiger partial charge in [0.15, 0.2) is 0 Å². The number of carboxylic acid groups (broad SMARTS) is 1. The highest BCUT2D eigenvalue weighted by Crippen LogP contribution is 2.13. The Bertz CT molecular complexity index is 439. The van der Waals surface area contributed by atoms with Crippen molar-refractivity contribution in [2.45, 2.75) is 13.0 Å². The molecule has 1 unspecified atom stereocenters. The molecule has 0 aliphatic rings. The predicted octanol–water partition coefficient (Wildman–Crippen LogP) is 2.36. The fourth-order valence-electron chi connectivity index (χ4n) is 1.35. The van der Waals surface area contributed by atoms with E-state index in [1.807, 2.05) is 0 Å². The van der Waals surface area contributed by atoms with Crippen molar-refractivity contribution in [3.63, 3.8) is 0 Å². The van der Waals surface area contributed by atoms with E-state index in [2.05, 4.69) is 11.9 Å². The first-order valence-electron chi connectivity index (χ1n) is 5.42. The normalized spacial score (nSPS) is 11.4. The maximum atomic E-state index is 11.3. The smallest absolute Gasteiger partial charge is 0.407 e. The van der Waals surface area contributed by atoms with Crippen LogP contribution in [-0.4, -0.2) is 23.8 Å². The van der Waals surface area contributed by atoms with Gasteiger partial charge >= 0.3 is 12.1 Å². The molecule has 1 atom stereocenters. The molecule has 0 aromatic heterocycles. The van der Waals surface area contributed by atoms with Gasteiger partial charge in [-0.05, 0) is 24.6 Å². The molecule has 5 nitrogen and oxygen atoms in total. The lowest BCUT2D eigenvalue weighted by Gasteiger charge is -2.14. The van der Waals surface area contributed by atoms with E-state index in [0.29, 0.717) is 0 Å². The molecule has 5 heteroatoms. The molecule has 0 heterocycles. The largest absolute Gasteiger partial charge is 0.478 e. The zero-order chi connectivity index (χ0) is 13.5. The van der Waals surface area contributed by atoms with Crippen molar-refractivity contribution in [3.8, 4) is 0 Å². The zero-order valence-electron chi connectivity index (χ0n) is 10.1. The Morgan fingerprint density at radius 3 is 2.56 bits per heavy atom. The number of carbonyl (C=O) groups is 2. The summed E-state index contributed by atoms with van der Waals surface area (Å²) in [5.41, 5.74) is 1.01. The van der Waals surface area contributed by atoms with Crippen LogP contribution in [0.2, 0.25) is 0 Å². The molecule has 1 rings (SSSR count). The summed E-state index contributed by atoms with van der Waals surface area (Å²) in [5, 5.41) is 11.4. The maximum Gasteiger partial charge on any atom is 0.407 e. The second-order valence-corrected chi connectivity index (χ2v) is 3.68. The van der Waals surface area contributed by atoms with Crippen LogP contribution >= 0.6 is 0 Å². The van der Waals surface area contributed by atoms with E-state index < -0.39 is 12.1 Å². The number of alkyl carbamates (subject to hydrolysis) is 1. The quantitative estimate of drug-likeness (QED) is 0.785. The first-order chi connectivity index (χ1) is 8.54. The second-order valence-electron chi connectivity index (χ2n) is 3.68. The summed E-state index contributed by atoms with van der Waals surface area (Å²) in [4.78, 5) is 22.0. The van der Waals surface area contributed by atoms with Crippen LogP contribution in [0.25, 0.3) is 0 Å². The number of ether oxygens (including phenoxy) is 1. The number of amides is 1. The van der Waals surface area contributed by atoms with E-state index in [-0.39, 0.29) is 18.2 Å². The van der Waals surface area contributed by atoms with E-state index in [9.17, 15) is 9.59 Å². The van der Waals surface area contributed by atoms with Gasteiger partial charge in [-0.1, -0.05) is 24.8 Å². The second kappa shape index (κ2) is 6.44. The molecular weight excluding hydrogens is 234 g/mol. The number of hydrogen-bond donors (Lipinski definition) is 2. The van der Waals surface area contributed by atoms with Gasteiger partial charge in [0.2, 0.25) is 0 Å². The number of hydrogen-bond acceptors (Lipinski definition) is 3. The van der Waals surface area contributed by atoms with Gasteiger partial charge in [-0.25, -0.2) is 9.59 Å². The molecule has 1 aromatic carbocycles. The highest BCUT2D eigenvalue weighted by atomic mass is 16.5. The van der Waals surface area contributed by atoms with Crippen LogP contribution in [0.15, 0.2) is 36.9 Å². The van der Waals surface area contributed by atoms with Crippen LogP contribution in [0.1, 0.15) is 28.9 Å². The number of aromatic carboxylic acids is 1. The van der Waals surface area contributed by atoms with Crippen LogP contribution in [0, 0.1) is 0 Å². The van der Waals surface area contributed by atoms with Crippen molar-refractivity contribution in [2.24, 2.45) is 0 Å². The SMILES string of the molecule is C=CCOC(=O)NC(C)c1ccc(C(=O)O)cc1. The molecule has 0 aliphatic heterocycles. The molecule has 2 N–H and O–H groups in total. The highest BCUT2D eigenvalue weighted by molar-refractivity contribution is 5.87. The Morgan fingerprint density at radius 2 is 2.06 bits per heavy atom. The van der Waals surface area contributed by atoms with E-state index in [1.165, 1.54) is 18.2 Å². The standard InChI is InChI=1S/C13H15NO4/c1-3-8-18-13(17)14-9(2)10-4-6-11(7-5-10)12(15)16/h3-7,9H,1,8H2,2H3,(H,14,17)(H,15,16). The topological polar surface area (TPSA) is 75.6 Å². The molecule has 0 fully saturated rings. The zero-order valence-corrected chi connectivity index (χ0v) is 10.1. The van der Waals surface area contributed by atoms with Gasteiger partial charge in [0.1, 0.15) is 6.61 Å². The van der Waals surface area contributed by atoms with Crippen molar-refractivity contribution < 1.29 is 19.4 Å². The van der Waals surface area contributed by atoms with Crippen molar-refractivity contribution >= 4 is 12.1 Å². The highest BCUT2D eigenvalue weighted by Gasteiger charge is 2.10. The predicted molar refractivity (Wildman–Crippen MR) is 66.5 cm³/mol. The van der Waals surface area contributed by atoms with Crippen molar-refractivity contribution in [2.75, 3.05) is 6.61 Å². The van der Waals surface area contributed by atoms with Crippen molar-refractivity contribution in [1.82, 2.24) is 5.32 Å². The summed E-state index contributed by atoms with van der Waals surface area (Å²) in [6.07, 6.45) is 0.941. The van der Waals surface area contributed by atoms with Gasteiger partial charge < -0.3 is 15.2 Å². The molecular formula is C13H15NO4. The summed E-state index contributed by atoms with van der Waals surface area (Å²) in [5.74, 6) is -0.979. The lowest BCUT2D eigenvalue weighted by Crippen LogP contribution is -2.27. The molecule has 0 radical (unpaired) electrons. The molecule has 18 heavy (non-hydrogen) atoms. The summed E-state index contributed by atoms with van der Waals surface area (Å²) < 4.78 is 4.78. The fourth-order valence-corrected chi connectivity index (χ4v) is 1.35. The molecule has 0 aliphatic carbocycles. The Morgan fingerprint density at radius 1 is 1.44 bits per heavy atom. The van der Waals surface area contributed by atoms with Crippen LogP contribution in [0.5, 0.6) is 0 Å². The van der Waals surface area contributed by atoms with E-state index in [1.54, 1.807) is 19.1 Å². The van der Waals surface area contributed by atoms with Crippen molar-refractivity contribution in [1.29, 1.82) is 0 Å². The number of benzene rings is 1. The Balaban J connectivity index is 2.61. The van der Waals surface area contributed by atoms with Crippen LogP contribution in [0.3, 0.4) is 0 Å². The molecule has 1 aromatic rings. The Hall–Kier alpha value is -2.30. The van der Waals surface area contributed by atoms with E-state index in [0.717, 1.165) is 5.56 Å². The van der Waals surface area contributed by atoms with Crippen molar-refractivity contribution in [3.05, 3.63) is 48.0 Å². The summed E-state index contributed by atoms with van der Waals surface area (Å²) in [6.45, 7) is 5.37. The third-order valence-corrected chi connectivity index (χ3v) is 2.32. The van der Waals surface area contributed by atoms with Gasteiger partial charge in [0.25, 0.3) is 0 Å². The van der Waals surface area contributed by atoms with Gasteiger partial charge in [0.05, 0.1) is 11.6 Å². The fraction of sp³-hybridized carbons (Fsp3) is 0.231. The molecule has 96 valence electrons. The van der Waals surface area contributed by atoms with Gasteiger partial charge in [-0.15, -0.1) is 0 Å². The average Bonchev–Trinajstić information content (AvgIpc) is 2.36. The molecule has 0 spiro atoms. The van der Waals surface area contributed by atoms with Crippen LogP contribution in [0.4, 0.5) is 4.79 Å². The average molecular weight is 249 g/mol. The minimum Gasteiger partial charge on any atom is -0.478 e. The number of carboxylic acids is 1. The minimum atomic E-state index is -0.979. The molecule has 1 amide bonds. The summed E-state index contributed by atoms with van der Waals surface area (Å²) in [7, 11) is 0. The summed E-state index contributed by atoms with van der Waals surface area (Å²) in [6, 6.07) is 6.03. The third-order valence-electron chi connectivity index (χ3n) is 2.32. The number of nitrogens with one attached hydrogen (secondary N) is 1. The lowest BCUT2D eigenvalue weighted by atomic mass is 10.1. The van der Waals surface area contributed by atoms with Gasteiger partial charge in [-0.2, -0.15) is 0 Å². The van der Waals surface area contributed by atoms with Crippen LogP contribution in [-0.2, 0) is 4.74 Å². The first-order valence-corrected chi connectivity index (χ1v) is 5.42. The number of carbonyl (C=O) groups excluding carboxylic acids is 1. The third kappa shape index (κ3) is 3.93. The molecule has 0 bridgehead atoms. The monoisotopic (exact) mass is 249 g/mol. The van der Waals surface area contributed by atoms with Crippen LogP contribution < -0.4 is 5.32 Å². The lowest BCUT2D eigenvalue weighted by molar-refractivity contribution is 0.0696. The van der Waals surface area contributed by atoms with E-state index >= 15 is 0 Å². The van der Waals surface area contributed by atoms with Gasteiger partial charge in [-0.3, -0.25) is 0 Å². The Kier molecular flexibility index (Phi) is 4.92. The number of rotatable bonds is 5. The minimum absolute atomic E-state index is 0.149. The van der Waals surface area contributed by atoms with Gasteiger partial charge in [0, 0.05) is 0 Å². The summed E-state index contributed by atoms with van der Waals surface area (Å²) >= 11 is 0. The molecule has 0 saturated carbocycles.